The molecule has 0 radical (unpaired) electrons. The molecule has 2 aromatic rings. The smallest absolute Gasteiger partial charge is 0.339 e. The first-order chi connectivity index (χ1) is 9.04. The van der Waals surface area contributed by atoms with Gasteiger partial charge in [0.15, 0.2) is 0 Å². The molecule has 0 spiro atoms. The van der Waals surface area contributed by atoms with Crippen molar-refractivity contribution in [1.82, 2.24) is 9.78 Å². The van der Waals surface area contributed by atoms with Gasteiger partial charge in [0.1, 0.15) is 5.56 Å². The molecule has 0 saturated heterocycles. The van der Waals surface area contributed by atoms with Crippen LogP contribution in [-0.2, 0) is 13.5 Å². The summed E-state index contributed by atoms with van der Waals surface area (Å²) >= 11 is 0. The Morgan fingerprint density at radius 2 is 1.95 bits per heavy atom. The molecule has 0 saturated carbocycles. The van der Waals surface area contributed by atoms with Gasteiger partial charge in [0.25, 0.3) is 0 Å². The zero-order chi connectivity index (χ0) is 14.0. The third-order valence-electron chi connectivity index (χ3n) is 3.20. The van der Waals surface area contributed by atoms with Crippen molar-refractivity contribution in [1.29, 1.82) is 0 Å². The van der Waals surface area contributed by atoms with E-state index >= 15 is 0 Å². The summed E-state index contributed by atoms with van der Waals surface area (Å²) in [5, 5.41) is 13.5. The van der Waals surface area contributed by atoms with Crippen LogP contribution in [0.4, 0.5) is 0 Å². The van der Waals surface area contributed by atoms with Crippen LogP contribution in [-0.4, -0.2) is 20.9 Å². The van der Waals surface area contributed by atoms with Crippen LogP contribution in [0.25, 0.3) is 11.3 Å². The molecule has 1 heterocycles. The van der Waals surface area contributed by atoms with Gasteiger partial charge in [0.2, 0.25) is 0 Å². The SMILES string of the molecule is CCCc1ccc(-c2c(C(=O)O)c(C)nn2C)cc1. The molecule has 1 aromatic carbocycles. The highest BCUT2D eigenvalue weighted by Crippen LogP contribution is 2.26. The Balaban J connectivity index is 2.49. The molecule has 1 N–H and O–H groups in total. The minimum Gasteiger partial charge on any atom is -0.478 e. The Hall–Kier alpha value is -2.10. The van der Waals surface area contributed by atoms with Gasteiger partial charge in [-0.3, -0.25) is 4.68 Å². The van der Waals surface area contributed by atoms with Gasteiger partial charge in [-0.25, -0.2) is 4.79 Å². The molecule has 19 heavy (non-hydrogen) atoms. The van der Waals surface area contributed by atoms with Gasteiger partial charge in [-0.1, -0.05) is 37.6 Å². The topological polar surface area (TPSA) is 55.1 Å². The van der Waals surface area contributed by atoms with Crippen LogP contribution in [0.3, 0.4) is 0 Å². The maximum Gasteiger partial charge on any atom is 0.339 e. The summed E-state index contributed by atoms with van der Waals surface area (Å²) in [6, 6.07) is 8.03. The Morgan fingerprint density at radius 1 is 1.32 bits per heavy atom. The summed E-state index contributed by atoms with van der Waals surface area (Å²) in [5.41, 5.74) is 3.64. The van der Waals surface area contributed by atoms with Gasteiger partial charge in [0, 0.05) is 12.6 Å². The van der Waals surface area contributed by atoms with E-state index in [-0.39, 0.29) is 5.56 Å². The van der Waals surface area contributed by atoms with E-state index in [0.717, 1.165) is 18.4 Å². The number of hydrogen-bond acceptors (Lipinski definition) is 2. The maximum absolute atomic E-state index is 11.3. The summed E-state index contributed by atoms with van der Waals surface area (Å²) in [5.74, 6) is -0.932. The van der Waals surface area contributed by atoms with Crippen molar-refractivity contribution >= 4 is 5.97 Å². The van der Waals surface area contributed by atoms with Gasteiger partial charge >= 0.3 is 5.97 Å². The summed E-state index contributed by atoms with van der Waals surface area (Å²) in [6.07, 6.45) is 2.14. The van der Waals surface area contributed by atoms with Crippen LogP contribution >= 0.6 is 0 Å². The molecule has 100 valence electrons. The molecule has 0 aliphatic carbocycles. The zero-order valence-electron chi connectivity index (χ0n) is 11.5. The highest BCUT2D eigenvalue weighted by Gasteiger charge is 2.20. The molecule has 0 fully saturated rings. The third kappa shape index (κ3) is 2.52. The van der Waals surface area contributed by atoms with Crippen molar-refractivity contribution in [3.63, 3.8) is 0 Å². The molecule has 2 rings (SSSR count). The van der Waals surface area contributed by atoms with Crippen molar-refractivity contribution in [2.75, 3.05) is 0 Å². The number of carboxylic acids is 1. The summed E-state index contributed by atoms with van der Waals surface area (Å²) < 4.78 is 1.63. The minimum absolute atomic E-state index is 0.283. The van der Waals surface area contributed by atoms with Crippen LogP contribution < -0.4 is 0 Å². The van der Waals surface area contributed by atoms with Gasteiger partial charge in [-0.05, 0) is 18.9 Å². The van der Waals surface area contributed by atoms with E-state index in [9.17, 15) is 9.90 Å². The number of rotatable bonds is 4. The Labute approximate surface area is 112 Å². The van der Waals surface area contributed by atoms with Gasteiger partial charge in [-0.15, -0.1) is 0 Å². The molecule has 0 aliphatic heterocycles. The summed E-state index contributed by atoms with van der Waals surface area (Å²) in [4.78, 5) is 11.3. The number of benzene rings is 1. The quantitative estimate of drug-likeness (QED) is 0.917. The number of carbonyl (C=O) groups is 1. The Morgan fingerprint density at radius 3 is 2.47 bits per heavy atom. The maximum atomic E-state index is 11.3. The van der Waals surface area contributed by atoms with Crippen LogP contribution in [0.15, 0.2) is 24.3 Å². The fourth-order valence-electron chi connectivity index (χ4n) is 2.36. The zero-order valence-corrected chi connectivity index (χ0v) is 11.5. The van der Waals surface area contributed by atoms with E-state index in [0.29, 0.717) is 11.4 Å². The Bertz CT molecular complexity index is 597. The molecule has 0 aliphatic rings. The standard InChI is InChI=1S/C15H18N2O2/c1-4-5-11-6-8-12(9-7-11)14-13(15(18)19)10(2)16-17(14)3/h6-9H,4-5H2,1-3H3,(H,18,19). The molecular weight excluding hydrogens is 240 g/mol. The predicted octanol–water partition coefficient (Wildman–Crippen LogP) is 3.05. The van der Waals surface area contributed by atoms with E-state index in [1.165, 1.54) is 5.56 Å². The summed E-state index contributed by atoms with van der Waals surface area (Å²) in [7, 11) is 1.77. The highest BCUT2D eigenvalue weighted by atomic mass is 16.4. The second-order valence-electron chi connectivity index (χ2n) is 4.68. The average molecular weight is 258 g/mol. The average Bonchev–Trinajstić information content (AvgIpc) is 2.66. The van der Waals surface area contributed by atoms with E-state index < -0.39 is 5.97 Å². The Kier molecular flexibility index (Phi) is 3.69. The number of nitrogens with zero attached hydrogens (tertiary/aromatic N) is 2. The van der Waals surface area contributed by atoms with Crippen LogP contribution in [0.2, 0.25) is 0 Å². The molecular formula is C15H18N2O2. The first-order valence-corrected chi connectivity index (χ1v) is 6.40. The molecule has 4 heteroatoms. The lowest BCUT2D eigenvalue weighted by molar-refractivity contribution is 0.0697. The number of hydrogen-bond donors (Lipinski definition) is 1. The van der Waals surface area contributed by atoms with Gasteiger partial charge < -0.3 is 5.11 Å². The molecule has 0 amide bonds. The van der Waals surface area contributed by atoms with Gasteiger partial charge in [0.05, 0.1) is 11.4 Å². The molecule has 4 nitrogen and oxygen atoms in total. The largest absolute Gasteiger partial charge is 0.478 e. The monoisotopic (exact) mass is 258 g/mol. The number of aromatic carboxylic acids is 1. The first kappa shape index (κ1) is 13.3. The number of aryl methyl sites for hydroxylation is 3. The van der Waals surface area contributed by atoms with E-state index in [4.69, 9.17) is 0 Å². The van der Waals surface area contributed by atoms with Crippen molar-refractivity contribution < 1.29 is 9.90 Å². The van der Waals surface area contributed by atoms with E-state index in [2.05, 4.69) is 12.0 Å². The first-order valence-electron chi connectivity index (χ1n) is 6.40. The van der Waals surface area contributed by atoms with Gasteiger partial charge in [-0.2, -0.15) is 5.10 Å². The number of aromatic nitrogens is 2. The van der Waals surface area contributed by atoms with Crippen LogP contribution in [0.1, 0.15) is 35.0 Å². The molecule has 0 bridgehead atoms. The normalized spacial score (nSPS) is 10.7. The second-order valence-corrected chi connectivity index (χ2v) is 4.68. The lowest BCUT2D eigenvalue weighted by Gasteiger charge is -2.06. The van der Waals surface area contributed by atoms with Crippen molar-refractivity contribution in [3.8, 4) is 11.3 Å². The van der Waals surface area contributed by atoms with Crippen LogP contribution in [0, 0.1) is 6.92 Å². The van der Waals surface area contributed by atoms with E-state index in [1.54, 1.807) is 18.7 Å². The van der Waals surface area contributed by atoms with E-state index in [1.807, 2.05) is 24.3 Å². The number of carboxylic acid groups (broad SMARTS) is 1. The molecule has 0 unspecified atom stereocenters. The second kappa shape index (κ2) is 5.26. The summed E-state index contributed by atoms with van der Waals surface area (Å²) in [6.45, 7) is 3.86. The minimum atomic E-state index is -0.932. The van der Waals surface area contributed by atoms with Crippen LogP contribution in [0.5, 0.6) is 0 Å². The third-order valence-corrected chi connectivity index (χ3v) is 3.20. The predicted molar refractivity (Wildman–Crippen MR) is 74.3 cm³/mol. The molecule has 0 atom stereocenters. The highest BCUT2D eigenvalue weighted by molar-refractivity contribution is 5.96. The van der Waals surface area contributed by atoms with Crippen molar-refractivity contribution in [2.45, 2.75) is 26.7 Å². The lowest BCUT2D eigenvalue weighted by atomic mass is 10.0. The fraction of sp³-hybridized carbons (Fsp3) is 0.333. The lowest BCUT2D eigenvalue weighted by Crippen LogP contribution is -2.01. The fourth-order valence-corrected chi connectivity index (χ4v) is 2.36. The van der Waals surface area contributed by atoms with Crippen molar-refractivity contribution in [3.05, 3.63) is 41.1 Å². The molecule has 1 aromatic heterocycles. The van der Waals surface area contributed by atoms with Crippen molar-refractivity contribution in [2.24, 2.45) is 7.05 Å².